The summed E-state index contributed by atoms with van der Waals surface area (Å²) in [5.41, 5.74) is 2.83. The molecule has 23 heavy (non-hydrogen) atoms. The third-order valence-electron chi connectivity index (χ3n) is 4.40. The second kappa shape index (κ2) is 16.1. The maximum atomic E-state index is 5.73. The van der Waals surface area contributed by atoms with Crippen LogP contribution < -0.4 is 0 Å². The summed E-state index contributed by atoms with van der Waals surface area (Å²) in [6.45, 7) is 12.0. The highest BCUT2D eigenvalue weighted by atomic mass is 16.5. The molecule has 0 aliphatic rings. The summed E-state index contributed by atoms with van der Waals surface area (Å²) >= 11 is 0. The van der Waals surface area contributed by atoms with E-state index >= 15 is 0 Å². The average Bonchev–Trinajstić information content (AvgIpc) is 2.50. The van der Waals surface area contributed by atoms with Gasteiger partial charge in [0.2, 0.25) is 0 Å². The Morgan fingerprint density at radius 2 is 1.57 bits per heavy atom. The fraction of sp³-hybridized carbons (Fsp3) is 0.818. The van der Waals surface area contributed by atoms with Crippen molar-refractivity contribution in [2.24, 2.45) is 5.92 Å². The molecule has 0 aromatic carbocycles. The van der Waals surface area contributed by atoms with E-state index in [1.807, 2.05) is 6.26 Å². The first-order valence-electron chi connectivity index (χ1n) is 9.96. The van der Waals surface area contributed by atoms with Crippen LogP contribution in [0.2, 0.25) is 0 Å². The van der Waals surface area contributed by atoms with Crippen LogP contribution in [0.1, 0.15) is 105 Å². The molecule has 0 aliphatic carbocycles. The van der Waals surface area contributed by atoms with Gasteiger partial charge in [-0.15, -0.1) is 0 Å². The van der Waals surface area contributed by atoms with Crippen LogP contribution in [0, 0.1) is 5.92 Å². The summed E-state index contributed by atoms with van der Waals surface area (Å²) < 4.78 is 5.73. The maximum Gasteiger partial charge on any atom is 0.0875 e. The van der Waals surface area contributed by atoms with E-state index in [0.717, 1.165) is 18.9 Å². The van der Waals surface area contributed by atoms with Gasteiger partial charge in [0.1, 0.15) is 0 Å². The molecule has 136 valence electrons. The lowest BCUT2D eigenvalue weighted by Gasteiger charge is -2.10. The number of allylic oxidation sites excluding steroid dienone is 3. The molecule has 1 unspecified atom stereocenters. The molecular weight excluding hydrogens is 280 g/mol. The van der Waals surface area contributed by atoms with Gasteiger partial charge in [-0.1, -0.05) is 64.0 Å². The van der Waals surface area contributed by atoms with Gasteiger partial charge in [-0.25, -0.2) is 0 Å². The SMILES string of the molecule is CCCCCCCCC/C(C)=C/OCCC(C)CCC=C(C)C. The zero-order valence-electron chi connectivity index (χ0n) is 16.6. The van der Waals surface area contributed by atoms with Crippen LogP contribution in [0.15, 0.2) is 23.5 Å². The molecule has 0 N–H and O–H groups in total. The Hall–Kier alpha value is -0.720. The van der Waals surface area contributed by atoms with Gasteiger partial charge in [0.05, 0.1) is 12.9 Å². The fourth-order valence-electron chi connectivity index (χ4n) is 2.69. The first kappa shape index (κ1) is 22.3. The first-order chi connectivity index (χ1) is 11.1. The first-order valence-corrected chi connectivity index (χ1v) is 9.96. The number of hydrogen-bond donors (Lipinski definition) is 0. The van der Waals surface area contributed by atoms with Crippen LogP contribution in [0.25, 0.3) is 0 Å². The Kier molecular flexibility index (Phi) is 15.6. The number of ether oxygens (including phenoxy) is 1. The minimum atomic E-state index is 0.752. The lowest BCUT2D eigenvalue weighted by atomic mass is 10.0. The Labute approximate surface area is 146 Å². The Morgan fingerprint density at radius 1 is 0.913 bits per heavy atom. The molecule has 0 amide bonds. The van der Waals surface area contributed by atoms with E-state index in [1.165, 1.54) is 75.4 Å². The van der Waals surface area contributed by atoms with E-state index in [0.29, 0.717) is 0 Å². The van der Waals surface area contributed by atoms with E-state index in [2.05, 4.69) is 40.7 Å². The summed E-state index contributed by atoms with van der Waals surface area (Å²) in [7, 11) is 0. The third-order valence-corrected chi connectivity index (χ3v) is 4.40. The van der Waals surface area contributed by atoms with Gasteiger partial charge in [0.25, 0.3) is 0 Å². The van der Waals surface area contributed by atoms with Crippen molar-refractivity contribution in [3.05, 3.63) is 23.5 Å². The molecule has 0 rings (SSSR count). The molecule has 0 aromatic rings. The third kappa shape index (κ3) is 17.5. The van der Waals surface area contributed by atoms with Crippen molar-refractivity contribution in [2.75, 3.05) is 6.61 Å². The monoisotopic (exact) mass is 322 g/mol. The molecule has 0 aromatic heterocycles. The second-order valence-corrected chi connectivity index (χ2v) is 7.46. The highest BCUT2D eigenvalue weighted by Crippen LogP contribution is 2.14. The predicted octanol–water partition coefficient (Wildman–Crippen LogP) is 7.82. The van der Waals surface area contributed by atoms with Gasteiger partial charge in [0, 0.05) is 0 Å². The largest absolute Gasteiger partial charge is 0.501 e. The molecule has 0 radical (unpaired) electrons. The van der Waals surface area contributed by atoms with Crippen molar-refractivity contribution in [3.63, 3.8) is 0 Å². The van der Waals surface area contributed by atoms with E-state index in [9.17, 15) is 0 Å². The van der Waals surface area contributed by atoms with Crippen molar-refractivity contribution < 1.29 is 4.74 Å². The zero-order valence-corrected chi connectivity index (χ0v) is 16.6. The zero-order chi connectivity index (χ0) is 17.3. The normalized spacial score (nSPS) is 13.0. The topological polar surface area (TPSA) is 9.23 Å². The van der Waals surface area contributed by atoms with Crippen molar-refractivity contribution >= 4 is 0 Å². The Balaban J connectivity index is 3.50. The second-order valence-electron chi connectivity index (χ2n) is 7.46. The van der Waals surface area contributed by atoms with Gasteiger partial charge in [-0.3, -0.25) is 0 Å². The summed E-state index contributed by atoms with van der Waals surface area (Å²) in [6.07, 6.45) is 18.8. The minimum Gasteiger partial charge on any atom is -0.501 e. The molecule has 0 saturated carbocycles. The van der Waals surface area contributed by atoms with Gasteiger partial charge in [0.15, 0.2) is 0 Å². The average molecular weight is 323 g/mol. The van der Waals surface area contributed by atoms with E-state index in [1.54, 1.807) is 0 Å². The van der Waals surface area contributed by atoms with Crippen LogP contribution in [-0.4, -0.2) is 6.61 Å². The van der Waals surface area contributed by atoms with E-state index in [4.69, 9.17) is 4.74 Å². The number of unbranched alkanes of at least 4 members (excludes halogenated alkanes) is 6. The molecule has 1 nitrogen and oxygen atoms in total. The molecule has 1 heteroatoms. The molecule has 1 atom stereocenters. The summed E-state index contributed by atoms with van der Waals surface area (Å²) in [6, 6.07) is 0. The van der Waals surface area contributed by atoms with Crippen LogP contribution in [0.3, 0.4) is 0 Å². The molecular formula is C22H42O. The maximum absolute atomic E-state index is 5.73. The van der Waals surface area contributed by atoms with E-state index in [-0.39, 0.29) is 0 Å². The molecule has 0 aliphatic heterocycles. The summed E-state index contributed by atoms with van der Waals surface area (Å²) in [4.78, 5) is 0. The standard InChI is InChI=1S/C22H42O/c1-6-7-8-9-10-11-12-15-22(5)19-23-18-17-21(4)16-13-14-20(2)3/h14,19,21H,6-13,15-18H2,1-5H3/b22-19+. The molecule has 0 spiro atoms. The van der Waals surface area contributed by atoms with Crippen molar-refractivity contribution in [1.82, 2.24) is 0 Å². The summed E-state index contributed by atoms with van der Waals surface area (Å²) in [5, 5.41) is 0. The van der Waals surface area contributed by atoms with Gasteiger partial charge in [-0.05, 0) is 64.4 Å². The highest BCUT2D eigenvalue weighted by molar-refractivity contribution is 4.93. The van der Waals surface area contributed by atoms with E-state index < -0.39 is 0 Å². The van der Waals surface area contributed by atoms with Gasteiger partial charge < -0.3 is 4.74 Å². The Morgan fingerprint density at radius 3 is 2.22 bits per heavy atom. The van der Waals surface area contributed by atoms with Crippen LogP contribution in [0.5, 0.6) is 0 Å². The Bertz CT molecular complexity index is 310. The smallest absolute Gasteiger partial charge is 0.0875 e. The minimum absolute atomic E-state index is 0.752. The summed E-state index contributed by atoms with van der Waals surface area (Å²) in [5.74, 6) is 0.752. The lowest BCUT2D eigenvalue weighted by Crippen LogP contribution is -1.99. The molecule has 0 fully saturated rings. The molecule has 0 bridgehead atoms. The molecule has 0 heterocycles. The number of hydrogen-bond acceptors (Lipinski definition) is 1. The quantitative estimate of drug-likeness (QED) is 0.170. The highest BCUT2D eigenvalue weighted by Gasteiger charge is 2.01. The van der Waals surface area contributed by atoms with Gasteiger partial charge >= 0.3 is 0 Å². The fourth-order valence-corrected chi connectivity index (χ4v) is 2.69. The molecule has 0 saturated heterocycles. The van der Waals surface area contributed by atoms with Crippen molar-refractivity contribution in [3.8, 4) is 0 Å². The predicted molar refractivity (Wildman–Crippen MR) is 105 cm³/mol. The van der Waals surface area contributed by atoms with Crippen LogP contribution in [0.4, 0.5) is 0 Å². The van der Waals surface area contributed by atoms with Crippen molar-refractivity contribution in [1.29, 1.82) is 0 Å². The van der Waals surface area contributed by atoms with Crippen LogP contribution in [-0.2, 0) is 4.74 Å². The number of rotatable bonds is 15. The van der Waals surface area contributed by atoms with Gasteiger partial charge in [-0.2, -0.15) is 0 Å². The lowest BCUT2D eigenvalue weighted by molar-refractivity contribution is 0.220. The van der Waals surface area contributed by atoms with Crippen LogP contribution >= 0.6 is 0 Å². The van der Waals surface area contributed by atoms with Crippen molar-refractivity contribution in [2.45, 2.75) is 105 Å².